The summed E-state index contributed by atoms with van der Waals surface area (Å²) in [4.78, 5) is 19.1. The van der Waals surface area contributed by atoms with Crippen molar-refractivity contribution in [2.45, 2.75) is 45.6 Å². The summed E-state index contributed by atoms with van der Waals surface area (Å²) in [6, 6.07) is 3.86. The maximum Gasteiger partial charge on any atom is 0.228 e. The summed E-state index contributed by atoms with van der Waals surface area (Å²) < 4.78 is 6.77. The summed E-state index contributed by atoms with van der Waals surface area (Å²) in [5.74, 6) is 0.116. The van der Waals surface area contributed by atoms with Crippen LogP contribution in [-0.4, -0.2) is 30.1 Å². The largest absolute Gasteiger partial charge is 0.376 e. The first-order valence-corrected chi connectivity index (χ1v) is 9.27. The van der Waals surface area contributed by atoms with Crippen molar-refractivity contribution in [3.8, 4) is 0 Å². The van der Waals surface area contributed by atoms with E-state index < -0.39 is 0 Å². The molecule has 1 fully saturated rings. The van der Waals surface area contributed by atoms with Gasteiger partial charge in [-0.05, 0) is 43.9 Å². The molecule has 1 amide bonds. The maximum atomic E-state index is 12.6. The summed E-state index contributed by atoms with van der Waals surface area (Å²) in [5.41, 5.74) is 1.85. The van der Waals surface area contributed by atoms with E-state index in [1.54, 1.807) is 16.2 Å². The number of aromatic nitrogens is 1. The van der Waals surface area contributed by atoms with Gasteiger partial charge >= 0.3 is 0 Å². The van der Waals surface area contributed by atoms with Gasteiger partial charge in [0, 0.05) is 18.1 Å². The number of hydrogen-bond acceptors (Lipinski definition) is 4. The number of rotatable bonds is 5. The molecule has 1 aliphatic heterocycles. The van der Waals surface area contributed by atoms with Crippen LogP contribution in [0, 0.1) is 6.92 Å². The standard InChI is InChI=1S/C17H21ClN2O2S/c1-3-5-15(21)20(10-12-6-4-9-22-12)17-19-16-11(2)13(18)7-8-14(16)23-17/h7-8,12H,3-6,9-10H2,1-2H3. The second kappa shape index (κ2) is 7.16. The Morgan fingerprint density at radius 1 is 1.52 bits per heavy atom. The predicted molar refractivity (Wildman–Crippen MR) is 95.6 cm³/mol. The van der Waals surface area contributed by atoms with Gasteiger partial charge in [-0.3, -0.25) is 9.69 Å². The minimum Gasteiger partial charge on any atom is -0.376 e. The van der Waals surface area contributed by atoms with E-state index in [4.69, 9.17) is 21.3 Å². The van der Waals surface area contributed by atoms with Gasteiger partial charge in [0.2, 0.25) is 5.91 Å². The van der Waals surface area contributed by atoms with E-state index >= 15 is 0 Å². The first kappa shape index (κ1) is 16.7. The minimum atomic E-state index is 0.116. The Morgan fingerprint density at radius 2 is 2.35 bits per heavy atom. The van der Waals surface area contributed by atoms with E-state index in [0.717, 1.165) is 46.8 Å². The Balaban J connectivity index is 1.94. The van der Waals surface area contributed by atoms with Gasteiger partial charge in [-0.2, -0.15) is 0 Å². The van der Waals surface area contributed by atoms with Crippen LogP contribution in [0.15, 0.2) is 12.1 Å². The Bertz CT molecular complexity index is 710. The summed E-state index contributed by atoms with van der Waals surface area (Å²) in [5, 5.41) is 1.46. The SMILES string of the molecule is CCCC(=O)N(CC1CCCO1)c1nc2c(C)c(Cl)ccc2s1. The Labute approximate surface area is 145 Å². The molecule has 23 heavy (non-hydrogen) atoms. The maximum absolute atomic E-state index is 12.6. The lowest BCUT2D eigenvalue weighted by atomic mass is 10.2. The van der Waals surface area contributed by atoms with Crippen molar-refractivity contribution in [2.24, 2.45) is 0 Å². The molecule has 1 atom stereocenters. The van der Waals surface area contributed by atoms with Gasteiger partial charge in [-0.25, -0.2) is 4.98 Å². The number of benzene rings is 1. The van der Waals surface area contributed by atoms with Crippen molar-refractivity contribution in [3.05, 3.63) is 22.7 Å². The number of nitrogens with zero attached hydrogens (tertiary/aromatic N) is 2. The van der Waals surface area contributed by atoms with Gasteiger partial charge in [-0.15, -0.1) is 0 Å². The van der Waals surface area contributed by atoms with Crippen LogP contribution in [0.5, 0.6) is 0 Å². The highest BCUT2D eigenvalue weighted by Gasteiger charge is 2.26. The molecule has 1 aliphatic rings. The normalized spacial score (nSPS) is 17.8. The van der Waals surface area contributed by atoms with Crippen LogP contribution in [-0.2, 0) is 9.53 Å². The highest BCUT2D eigenvalue weighted by Crippen LogP contribution is 2.34. The lowest BCUT2D eigenvalue weighted by molar-refractivity contribution is -0.119. The van der Waals surface area contributed by atoms with Crippen molar-refractivity contribution in [3.63, 3.8) is 0 Å². The summed E-state index contributed by atoms with van der Waals surface area (Å²) in [6.07, 6.45) is 3.55. The zero-order chi connectivity index (χ0) is 16.4. The molecule has 3 rings (SSSR count). The van der Waals surface area contributed by atoms with Crippen LogP contribution < -0.4 is 4.90 Å². The second-order valence-electron chi connectivity index (χ2n) is 5.90. The fraction of sp³-hybridized carbons (Fsp3) is 0.529. The Hall–Kier alpha value is -1.17. The Kier molecular flexibility index (Phi) is 5.19. The highest BCUT2D eigenvalue weighted by molar-refractivity contribution is 7.22. The molecule has 1 aromatic carbocycles. The number of aryl methyl sites for hydroxylation is 1. The van der Waals surface area contributed by atoms with Gasteiger partial charge < -0.3 is 4.74 Å². The van der Waals surface area contributed by atoms with Crippen LogP contribution in [0.25, 0.3) is 10.2 Å². The van der Waals surface area contributed by atoms with Crippen LogP contribution in [0.4, 0.5) is 5.13 Å². The van der Waals surface area contributed by atoms with Gasteiger partial charge in [0.25, 0.3) is 0 Å². The smallest absolute Gasteiger partial charge is 0.228 e. The van der Waals surface area contributed by atoms with Gasteiger partial charge in [-0.1, -0.05) is 29.9 Å². The molecule has 0 radical (unpaired) electrons. The molecule has 124 valence electrons. The average Bonchev–Trinajstić information content (AvgIpc) is 3.18. The highest BCUT2D eigenvalue weighted by atomic mass is 35.5. The van der Waals surface area contributed by atoms with E-state index in [2.05, 4.69) is 0 Å². The third-order valence-corrected chi connectivity index (χ3v) is 5.60. The summed E-state index contributed by atoms with van der Waals surface area (Å²) >= 11 is 7.74. The van der Waals surface area contributed by atoms with E-state index in [0.29, 0.717) is 18.0 Å². The number of amides is 1. The first-order chi connectivity index (χ1) is 11.1. The monoisotopic (exact) mass is 352 g/mol. The predicted octanol–water partition coefficient (Wildman–Crippen LogP) is 4.57. The molecular formula is C17H21ClN2O2S. The number of carbonyl (C=O) groups excluding carboxylic acids is 1. The zero-order valence-electron chi connectivity index (χ0n) is 13.5. The van der Waals surface area contributed by atoms with Crippen LogP contribution in [0.2, 0.25) is 5.02 Å². The fourth-order valence-corrected chi connectivity index (χ4v) is 4.04. The third-order valence-electron chi connectivity index (χ3n) is 4.14. The molecule has 0 saturated carbocycles. The van der Waals surface area contributed by atoms with Crippen molar-refractivity contribution in [2.75, 3.05) is 18.1 Å². The number of fused-ring (bicyclic) bond motifs is 1. The lowest BCUT2D eigenvalue weighted by Gasteiger charge is -2.22. The molecule has 1 aromatic heterocycles. The molecule has 2 heterocycles. The van der Waals surface area contributed by atoms with E-state index in [1.165, 1.54) is 0 Å². The van der Waals surface area contributed by atoms with Crippen LogP contribution >= 0.6 is 22.9 Å². The Morgan fingerprint density at radius 3 is 3.04 bits per heavy atom. The molecule has 6 heteroatoms. The third kappa shape index (κ3) is 3.52. The minimum absolute atomic E-state index is 0.116. The lowest BCUT2D eigenvalue weighted by Crippen LogP contribution is -2.37. The van der Waals surface area contributed by atoms with Crippen LogP contribution in [0.3, 0.4) is 0 Å². The molecule has 0 bridgehead atoms. The fourth-order valence-electron chi connectivity index (χ4n) is 2.83. The van der Waals surface area contributed by atoms with Crippen molar-refractivity contribution >= 4 is 44.2 Å². The second-order valence-corrected chi connectivity index (χ2v) is 7.32. The first-order valence-electron chi connectivity index (χ1n) is 8.07. The van der Waals surface area contributed by atoms with E-state index in [-0.39, 0.29) is 12.0 Å². The molecule has 2 aromatic rings. The van der Waals surface area contributed by atoms with E-state index in [9.17, 15) is 4.79 Å². The van der Waals surface area contributed by atoms with Crippen molar-refractivity contribution in [1.29, 1.82) is 0 Å². The number of hydrogen-bond donors (Lipinski definition) is 0. The topological polar surface area (TPSA) is 42.4 Å². The summed E-state index contributed by atoms with van der Waals surface area (Å²) in [7, 11) is 0. The number of anilines is 1. The molecule has 0 aliphatic carbocycles. The van der Waals surface area contributed by atoms with Gasteiger partial charge in [0.15, 0.2) is 5.13 Å². The quantitative estimate of drug-likeness (QED) is 0.791. The zero-order valence-corrected chi connectivity index (χ0v) is 15.0. The van der Waals surface area contributed by atoms with Crippen molar-refractivity contribution in [1.82, 2.24) is 4.98 Å². The molecule has 1 unspecified atom stereocenters. The number of thiazole rings is 1. The van der Waals surface area contributed by atoms with Gasteiger partial charge in [0.05, 0.1) is 22.9 Å². The summed E-state index contributed by atoms with van der Waals surface area (Å²) in [6.45, 7) is 5.36. The van der Waals surface area contributed by atoms with Gasteiger partial charge in [0.1, 0.15) is 0 Å². The molecule has 1 saturated heterocycles. The van der Waals surface area contributed by atoms with Crippen molar-refractivity contribution < 1.29 is 9.53 Å². The van der Waals surface area contributed by atoms with Crippen LogP contribution in [0.1, 0.15) is 38.2 Å². The number of halogens is 1. The number of ether oxygens (including phenoxy) is 1. The number of carbonyl (C=O) groups is 1. The molecule has 0 spiro atoms. The molecule has 0 N–H and O–H groups in total. The average molecular weight is 353 g/mol. The molecular weight excluding hydrogens is 332 g/mol. The molecule has 4 nitrogen and oxygen atoms in total. The van der Waals surface area contributed by atoms with E-state index in [1.807, 2.05) is 26.0 Å².